The summed E-state index contributed by atoms with van der Waals surface area (Å²) >= 11 is 1.31. The molecule has 2 aromatic rings. The molecule has 2 aromatic heterocycles. The molecule has 0 radical (unpaired) electrons. The number of nitrogens with one attached hydrogen (secondary N) is 1. The summed E-state index contributed by atoms with van der Waals surface area (Å²) in [5.74, 6) is -0.412. The van der Waals surface area contributed by atoms with Gasteiger partial charge in [-0.3, -0.25) is 19.0 Å². The number of carbonyl (C=O) groups is 2. The lowest BCUT2D eigenvalue weighted by Gasteiger charge is -2.27. The van der Waals surface area contributed by atoms with Gasteiger partial charge in [0, 0.05) is 30.2 Å². The molecule has 0 aliphatic carbocycles. The van der Waals surface area contributed by atoms with Crippen molar-refractivity contribution in [1.29, 1.82) is 5.26 Å². The zero-order chi connectivity index (χ0) is 18.5. The molecule has 26 heavy (non-hydrogen) atoms. The van der Waals surface area contributed by atoms with E-state index in [-0.39, 0.29) is 24.7 Å². The zero-order valence-corrected chi connectivity index (χ0v) is 14.8. The summed E-state index contributed by atoms with van der Waals surface area (Å²) < 4.78 is 12.3. The Hall–Kier alpha value is -2.79. The van der Waals surface area contributed by atoms with Gasteiger partial charge < -0.3 is 10.2 Å². The average Bonchev–Trinajstić information content (AvgIpc) is 3.02. The van der Waals surface area contributed by atoms with Crippen LogP contribution in [0.2, 0.25) is 0 Å². The number of halogens is 1. The first-order valence-corrected chi connectivity index (χ1v) is 9.05. The first-order valence-electron chi connectivity index (χ1n) is 8.23. The molecule has 0 fully saturated rings. The standard InChI is InChI=1S/C18H17FN4O2S/c19-6-1-4-16(24)23-8-5-13-14(9-20)18(26-15(13)11-23)22-17(25)12-3-2-7-21-10-12/h2-3,7,10H,1,4-6,8,11H2,(H,22,25). The van der Waals surface area contributed by atoms with Gasteiger partial charge >= 0.3 is 0 Å². The van der Waals surface area contributed by atoms with E-state index in [9.17, 15) is 19.2 Å². The Labute approximate surface area is 154 Å². The lowest BCUT2D eigenvalue weighted by Crippen LogP contribution is -2.35. The van der Waals surface area contributed by atoms with E-state index < -0.39 is 6.67 Å². The molecule has 0 unspecified atom stereocenters. The van der Waals surface area contributed by atoms with Crippen LogP contribution in [0.1, 0.15) is 39.2 Å². The van der Waals surface area contributed by atoms with E-state index >= 15 is 0 Å². The maximum atomic E-state index is 12.3. The summed E-state index contributed by atoms with van der Waals surface area (Å²) in [5, 5.41) is 12.8. The topological polar surface area (TPSA) is 86.1 Å². The molecule has 134 valence electrons. The minimum atomic E-state index is -0.507. The molecular formula is C18H17FN4O2S. The number of thiophene rings is 1. The van der Waals surface area contributed by atoms with Crippen molar-refractivity contribution in [2.75, 3.05) is 18.5 Å². The number of hydrogen-bond donors (Lipinski definition) is 1. The normalized spacial score (nSPS) is 13.0. The van der Waals surface area contributed by atoms with Crippen LogP contribution in [-0.2, 0) is 17.8 Å². The molecule has 0 spiro atoms. The summed E-state index contributed by atoms with van der Waals surface area (Å²) in [6.07, 6.45) is 4.00. The Morgan fingerprint density at radius 3 is 3.00 bits per heavy atom. The maximum Gasteiger partial charge on any atom is 0.257 e. The van der Waals surface area contributed by atoms with Crippen molar-refractivity contribution in [1.82, 2.24) is 9.88 Å². The van der Waals surface area contributed by atoms with E-state index in [2.05, 4.69) is 16.4 Å². The van der Waals surface area contributed by atoms with Gasteiger partial charge in [-0.25, -0.2) is 0 Å². The van der Waals surface area contributed by atoms with Crippen molar-refractivity contribution in [3.8, 4) is 6.07 Å². The van der Waals surface area contributed by atoms with Gasteiger partial charge in [0.15, 0.2) is 0 Å². The van der Waals surface area contributed by atoms with Crippen molar-refractivity contribution in [2.45, 2.75) is 25.8 Å². The van der Waals surface area contributed by atoms with Crippen LogP contribution >= 0.6 is 11.3 Å². The molecule has 0 saturated heterocycles. The van der Waals surface area contributed by atoms with Crippen LogP contribution in [-0.4, -0.2) is 34.9 Å². The van der Waals surface area contributed by atoms with Gasteiger partial charge in [-0.1, -0.05) is 0 Å². The smallest absolute Gasteiger partial charge is 0.257 e. The quantitative estimate of drug-likeness (QED) is 0.874. The van der Waals surface area contributed by atoms with Gasteiger partial charge in [-0.15, -0.1) is 11.3 Å². The second kappa shape index (κ2) is 8.06. The number of aromatic nitrogens is 1. The predicted octanol–water partition coefficient (Wildman–Crippen LogP) is 2.90. The van der Waals surface area contributed by atoms with Crippen molar-refractivity contribution < 1.29 is 14.0 Å². The minimum absolute atomic E-state index is 0.0823. The largest absolute Gasteiger partial charge is 0.337 e. The number of hydrogen-bond acceptors (Lipinski definition) is 5. The molecule has 2 amide bonds. The molecule has 1 aliphatic rings. The van der Waals surface area contributed by atoms with E-state index in [0.717, 1.165) is 10.4 Å². The van der Waals surface area contributed by atoms with Crippen LogP contribution in [0.5, 0.6) is 0 Å². The molecule has 0 aromatic carbocycles. The summed E-state index contributed by atoms with van der Waals surface area (Å²) in [7, 11) is 0. The maximum absolute atomic E-state index is 12.3. The van der Waals surface area contributed by atoms with Gasteiger partial charge in [0.2, 0.25) is 5.91 Å². The highest BCUT2D eigenvalue weighted by molar-refractivity contribution is 7.16. The fraction of sp³-hybridized carbons (Fsp3) is 0.333. The molecule has 0 saturated carbocycles. The summed E-state index contributed by atoms with van der Waals surface area (Å²) in [6, 6.07) is 5.48. The van der Waals surface area contributed by atoms with E-state index in [1.807, 2.05) is 0 Å². The third-order valence-electron chi connectivity index (χ3n) is 4.20. The van der Waals surface area contributed by atoms with Crippen LogP contribution in [0.25, 0.3) is 0 Å². The Kier molecular flexibility index (Phi) is 5.58. The predicted molar refractivity (Wildman–Crippen MR) is 95.6 cm³/mol. The number of nitriles is 1. The fourth-order valence-electron chi connectivity index (χ4n) is 2.87. The summed E-state index contributed by atoms with van der Waals surface area (Å²) in [6.45, 7) is 0.384. The molecule has 0 atom stereocenters. The highest BCUT2D eigenvalue weighted by Gasteiger charge is 2.27. The summed E-state index contributed by atoms with van der Waals surface area (Å²) in [4.78, 5) is 30.9. The van der Waals surface area contributed by atoms with Gasteiger partial charge in [0.1, 0.15) is 11.1 Å². The fourth-order valence-corrected chi connectivity index (χ4v) is 4.08. The SMILES string of the molecule is N#Cc1c(NC(=O)c2cccnc2)sc2c1CCN(C(=O)CCCF)C2. The Bertz CT molecular complexity index is 860. The van der Waals surface area contributed by atoms with E-state index in [4.69, 9.17) is 0 Å². The average molecular weight is 372 g/mol. The number of amides is 2. The van der Waals surface area contributed by atoms with Gasteiger partial charge in [0.25, 0.3) is 5.91 Å². The Balaban J connectivity index is 1.78. The van der Waals surface area contributed by atoms with Crippen LogP contribution < -0.4 is 5.32 Å². The number of rotatable bonds is 5. The summed E-state index contributed by atoms with van der Waals surface area (Å²) in [5.41, 5.74) is 1.75. The van der Waals surface area contributed by atoms with Crippen LogP contribution in [0.3, 0.4) is 0 Å². The Morgan fingerprint density at radius 1 is 1.46 bits per heavy atom. The third kappa shape index (κ3) is 3.73. The zero-order valence-electron chi connectivity index (χ0n) is 14.0. The van der Waals surface area contributed by atoms with E-state index in [1.165, 1.54) is 17.5 Å². The van der Waals surface area contributed by atoms with Crippen molar-refractivity contribution in [3.63, 3.8) is 0 Å². The van der Waals surface area contributed by atoms with Gasteiger partial charge in [-0.05, 0) is 30.5 Å². The second-order valence-corrected chi connectivity index (χ2v) is 6.98. The minimum Gasteiger partial charge on any atom is -0.337 e. The number of nitrogens with zero attached hydrogens (tertiary/aromatic N) is 3. The van der Waals surface area contributed by atoms with E-state index in [0.29, 0.717) is 35.6 Å². The van der Waals surface area contributed by atoms with Crippen LogP contribution in [0.15, 0.2) is 24.5 Å². The Morgan fingerprint density at radius 2 is 2.31 bits per heavy atom. The molecule has 3 heterocycles. The number of pyridine rings is 1. The lowest BCUT2D eigenvalue weighted by molar-refractivity contribution is -0.132. The van der Waals surface area contributed by atoms with Gasteiger partial charge in [-0.2, -0.15) is 5.26 Å². The first kappa shape index (κ1) is 18.0. The monoisotopic (exact) mass is 372 g/mol. The second-order valence-electron chi connectivity index (χ2n) is 5.87. The molecule has 6 nitrogen and oxygen atoms in total. The highest BCUT2D eigenvalue weighted by atomic mass is 32.1. The van der Waals surface area contributed by atoms with Crippen LogP contribution in [0, 0.1) is 11.3 Å². The molecule has 3 rings (SSSR count). The third-order valence-corrected chi connectivity index (χ3v) is 5.33. The molecule has 1 aliphatic heterocycles. The van der Waals surface area contributed by atoms with Crippen LogP contribution in [0.4, 0.5) is 9.39 Å². The highest BCUT2D eigenvalue weighted by Crippen LogP contribution is 2.37. The van der Waals surface area contributed by atoms with Gasteiger partial charge in [0.05, 0.1) is 24.3 Å². The van der Waals surface area contributed by atoms with Crippen molar-refractivity contribution in [2.24, 2.45) is 0 Å². The number of anilines is 1. The number of carbonyl (C=O) groups excluding carboxylic acids is 2. The molecule has 0 bridgehead atoms. The number of fused-ring (bicyclic) bond motifs is 1. The lowest BCUT2D eigenvalue weighted by atomic mass is 10.0. The van der Waals surface area contributed by atoms with Crippen molar-refractivity contribution in [3.05, 3.63) is 46.1 Å². The first-order chi connectivity index (χ1) is 12.6. The molecule has 8 heteroatoms. The molecular weight excluding hydrogens is 355 g/mol. The van der Waals surface area contributed by atoms with Crippen molar-refractivity contribution >= 4 is 28.2 Å². The van der Waals surface area contributed by atoms with E-state index in [1.54, 1.807) is 23.2 Å². The molecule has 1 N–H and O–H groups in total. The number of alkyl halides is 1.